The highest BCUT2D eigenvalue weighted by Crippen LogP contribution is 2.37. The van der Waals surface area contributed by atoms with Crippen LogP contribution in [0.4, 0.5) is 5.69 Å². The van der Waals surface area contributed by atoms with Crippen LogP contribution in [0, 0.1) is 5.41 Å². The van der Waals surface area contributed by atoms with Crippen LogP contribution in [0.5, 0.6) is 0 Å². The van der Waals surface area contributed by atoms with E-state index in [2.05, 4.69) is 5.32 Å². The third-order valence-corrected chi connectivity index (χ3v) is 6.14. The van der Waals surface area contributed by atoms with Crippen molar-refractivity contribution >= 4 is 15.5 Å². The van der Waals surface area contributed by atoms with Crippen LogP contribution in [0.15, 0.2) is 29.2 Å². The van der Waals surface area contributed by atoms with Crippen LogP contribution >= 0.6 is 0 Å². The quantitative estimate of drug-likeness (QED) is 0.845. The Balaban J connectivity index is 2.18. The Labute approximate surface area is 121 Å². The lowest BCUT2D eigenvalue weighted by molar-refractivity contribution is 0.332. The van der Waals surface area contributed by atoms with Crippen molar-refractivity contribution in [2.24, 2.45) is 11.1 Å². The van der Waals surface area contributed by atoms with E-state index in [1.807, 2.05) is 12.1 Å². The topological polar surface area (TPSA) is 72.2 Å². The summed E-state index contributed by atoms with van der Waals surface area (Å²) < 4.78 is 24.2. The van der Waals surface area contributed by atoms with Crippen molar-refractivity contribution in [1.82, 2.24) is 0 Å². The molecule has 4 nitrogen and oxygen atoms in total. The Morgan fingerprint density at radius 1 is 1.25 bits per heavy atom. The summed E-state index contributed by atoms with van der Waals surface area (Å²) in [5.41, 5.74) is 6.76. The van der Waals surface area contributed by atoms with Gasteiger partial charge in [-0.15, -0.1) is 0 Å². The molecule has 1 aromatic rings. The SMILES string of the molecule is CCS(=O)(=O)c1ccccc1NCC1(CN)CCCC1. The van der Waals surface area contributed by atoms with E-state index in [0.29, 0.717) is 17.1 Å². The van der Waals surface area contributed by atoms with E-state index in [1.54, 1.807) is 19.1 Å². The predicted molar refractivity (Wildman–Crippen MR) is 82.6 cm³/mol. The van der Waals surface area contributed by atoms with E-state index in [0.717, 1.165) is 19.4 Å². The fraction of sp³-hybridized carbons (Fsp3) is 0.600. The van der Waals surface area contributed by atoms with Crippen molar-refractivity contribution in [2.45, 2.75) is 37.5 Å². The van der Waals surface area contributed by atoms with Crippen molar-refractivity contribution in [2.75, 3.05) is 24.2 Å². The summed E-state index contributed by atoms with van der Waals surface area (Å²) in [4.78, 5) is 0.396. The van der Waals surface area contributed by atoms with Crippen LogP contribution in [0.25, 0.3) is 0 Å². The molecule has 5 heteroatoms. The molecule has 0 amide bonds. The lowest BCUT2D eigenvalue weighted by Crippen LogP contribution is -2.34. The number of anilines is 1. The highest BCUT2D eigenvalue weighted by atomic mass is 32.2. The number of nitrogens with one attached hydrogen (secondary N) is 1. The molecular weight excluding hydrogens is 272 g/mol. The molecule has 0 bridgehead atoms. The van der Waals surface area contributed by atoms with Crippen LogP contribution in [0.2, 0.25) is 0 Å². The first-order valence-electron chi connectivity index (χ1n) is 7.29. The van der Waals surface area contributed by atoms with Crippen LogP contribution in [0.3, 0.4) is 0 Å². The first-order chi connectivity index (χ1) is 9.53. The molecule has 0 heterocycles. The van der Waals surface area contributed by atoms with Gasteiger partial charge in [0.15, 0.2) is 9.84 Å². The fourth-order valence-corrected chi connectivity index (χ4v) is 3.97. The molecule has 0 unspecified atom stereocenters. The molecule has 0 radical (unpaired) electrons. The molecule has 1 saturated carbocycles. The average Bonchev–Trinajstić information content (AvgIpc) is 2.95. The lowest BCUT2D eigenvalue weighted by Gasteiger charge is -2.28. The van der Waals surface area contributed by atoms with Gasteiger partial charge in [0.2, 0.25) is 0 Å². The summed E-state index contributed by atoms with van der Waals surface area (Å²) in [7, 11) is -3.19. The highest BCUT2D eigenvalue weighted by Gasteiger charge is 2.32. The molecule has 0 saturated heterocycles. The Morgan fingerprint density at radius 2 is 1.90 bits per heavy atom. The van der Waals surface area contributed by atoms with Gasteiger partial charge in [-0.1, -0.05) is 31.9 Å². The van der Waals surface area contributed by atoms with Gasteiger partial charge in [0, 0.05) is 6.54 Å². The molecule has 0 aliphatic heterocycles. The Bertz CT molecular complexity index is 549. The molecule has 0 aromatic heterocycles. The molecule has 112 valence electrons. The Hall–Kier alpha value is -1.07. The monoisotopic (exact) mass is 296 g/mol. The van der Waals surface area contributed by atoms with Crippen molar-refractivity contribution in [3.8, 4) is 0 Å². The van der Waals surface area contributed by atoms with Crippen molar-refractivity contribution < 1.29 is 8.42 Å². The van der Waals surface area contributed by atoms with Gasteiger partial charge >= 0.3 is 0 Å². The second-order valence-corrected chi connectivity index (χ2v) is 7.91. The number of hydrogen-bond donors (Lipinski definition) is 2. The first-order valence-corrected chi connectivity index (χ1v) is 8.94. The average molecular weight is 296 g/mol. The summed E-state index contributed by atoms with van der Waals surface area (Å²) in [6.45, 7) is 3.08. The van der Waals surface area contributed by atoms with Gasteiger partial charge in [-0.2, -0.15) is 0 Å². The maximum Gasteiger partial charge on any atom is 0.180 e. The summed E-state index contributed by atoms with van der Waals surface area (Å²) in [6.07, 6.45) is 4.68. The van der Waals surface area contributed by atoms with Crippen LogP contribution < -0.4 is 11.1 Å². The Kier molecular flexibility index (Phi) is 4.70. The van der Waals surface area contributed by atoms with E-state index >= 15 is 0 Å². The molecule has 1 aliphatic rings. The summed E-state index contributed by atoms with van der Waals surface area (Å²) in [6, 6.07) is 7.13. The minimum Gasteiger partial charge on any atom is -0.383 e. The zero-order valence-electron chi connectivity index (χ0n) is 12.1. The fourth-order valence-electron chi connectivity index (χ4n) is 2.90. The minimum absolute atomic E-state index is 0.119. The summed E-state index contributed by atoms with van der Waals surface area (Å²) >= 11 is 0. The highest BCUT2D eigenvalue weighted by molar-refractivity contribution is 7.91. The zero-order valence-corrected chi connectivity index (χ0v) is 12.9. The number of benzene rings is 1. The second kappa shape index (κ2) is 6.14. The molecule has 1 aliphatic carbocycles. The normalized spacial score (nSPS) is 18.1. The third kappa shape index (κ3) is 3.15. The molecule has 3 N–H and O–H groups in total. The van der Waals surface area contributed by atoms with Gasteiger partial charge in [0.25, 0.3) is 0 Å². The lowest BCUT2D eigenvalue weighted by atomic mass is 9.86. The molecule has 0 spiro atoms. The zero-order chi connectivity index (χ0) is 14.6. The maximum absolute atomic E-state index is 12.1. The number of hydrogen-bond acceptors (Lipinski definition) is 4. The molecule has 1 aromatic carbocycles. The van der Waals surface area contributed by atoms with Gasteiger partial charge in [-0.3, -0.25) is 0 Å². The van der Waals surface area contributed by atoms with Gasteiger partial charge in [0.1, 0.15) is 0 Å². The first kappa shape index (κ1) is 15.3. The number of sulfone groups is 1. The van der Waals surface area contributed by atoms with E-state index < -0.39 is 9.84 Å². The molecular formula is C15H24N2O2S. The maximum atomic E-state index is 12.1. The number of para-hydroxylation sites is 1. The van der Waals surface area contributed by atoms with E-state index in [9.17, 15) is 8.42 Å². The molecule has 0 atom stereocenters. The smallest absolute Gasteiger partial charge is 0.180 e. The van der Waals surface area contributed by atoms with Crippen molar-refractivity contribution in [1.29, 1.82) is 0 Å². The standard InChI is InChI=1S/C15H24N2O2S/c1-2-20(18,19)14-8-4-3-7-13(14)17-12-15(11-16)9-5-6-10-15/h3-4,7-8,17H,2,5-6,9-12,16H2,1H3. The Morgan fingerprint density at radius 3 is 2.50 bits per heavy atom. The van der Waals surface area contributed by atoms with Crippen LogP contribution in [-0.2, 0) is 9.84 Å². The van der Waals surface area contributed by atoms with E-state index in [-0.39, 0.29) is 11.2 Å². The number of nitrogens with two attached hydrogens (primary N) is 1. The van der Waals surface area contributed by atoms with Crippen LogP contribution in [0.1, 0.15) is 32.6 Å². The van der Waals surface area contributed by atoms with Crippen LogP contribution in [-0.4, -0.2) is 27.3 Å². The van der Waals surface area contributed by atoms with Gasteiger partial charge < -0.3 is 11.1 Å². The molecule has 1 fully saturated rings. The summed E-state index contributed by atoms with van der Waals surface area (Å²) in [5, 5.41) is 3.33. The molecule has 20 heavy (non-hydrogen) atoms. The van der Waals surface area contributed by atoms with Gasteiger partial charge in [-0.05, 0) is 36.9 Å². The predicted octanol–water partition coefficient (Wildman–Crippen LogP) is 2.41. The van der Waals surface area contributed by atoms with Gasteiger partial charge in [0.05, 0.1) is 16.3 Å². The number of rotatable bonds is 6. The van der Waals surface area contributed by atoms with Gasteiger partial charge in [-0.25, -0.2) is 8.42 Å². The molecule has 2 rings (SSSR count). The van der Waals surface area contributed by atoms with E-state index in [4.69, 9.17) is 5.73 Å². The van der Waals surface area contributed by atoms with Crippen molar-refractivity contribution in [3.05, 3.63) is 24.3 Å². The summed E-state index contributed by atoms with van der Waals surface area (Å²) in [5.74, 6) is 0.119. The largest absolute Gasteiger partial charge is 0.383 e. The third-order valence-electron chi connectivity index (χ3n) is 4.35. The second-order valence-electron chi connectivity index (χ2n) is 5.66. The minimum atomic E-state index is -3.19. The van der Waals surface area contributed by atoms with Crippen molar-refractivity contribution in [3.63, 3.8) is 0 Å². The van der Waals surface area contributed by atoms with E-state index in [1.165, 1.54) is 12.8 Å².